The van der Waals surface area contributed by atoms with E-state index in [0.29, 0.717) is 12.2 Å². The van der Waals surface area contributed by atoms with Crippen LogP contribution in [0.4, 0.5) is 0 Å². The molecule has 112 valence electrons. The number of amides is 1. The molecule has 5 nitrogen and oxygen atoms in total. The number of nitrogens with one attached hydrogen (secondary N) is 1. The Bertz CT molecular complexity index is 829. The van der Waals surface area contributed by atoms with Crippen molar-refractivity contribution in [1.82, 2.24) is 14.7 Å². The number of hydrogen-bond acceptors (Lipinski definition) is 3. The van der Waals surface area contributed by atoms with E-state index in [2.05, 4.69) is 26.2 Å². The first kappa shape index (κ1) is 14.6. The number of carbonyl (C=O) groups excluding carboxylic acids is 1. The third-order valence-electron chi connectivity index (χ3n) is 3.30. The number of methoxy groups -OCH3 is 1. The van der Waals surface area contributed by atoms with Crippen molar-refractivity contribution in [2.45, 2.75) is 6.54 Å². The Morgan fingerprint density at radius 2 is 2.23 bits per heavy atom. The van der Waals surface area contributed by atoms with Gasteiger partial charge in [0, 0.05) is 17.2 Å². The zero-order valence-electron chi connectivity index (χ0n) is 11.9. The lowest BCUT2D eigenvalue weighted by Gasteiger charge is -2.06. The number of ether oxygens (including phenoxy) is 1. The SMILES string of the molecule is COc1cccc(CNC(=O)c2ncn3cc(Br)ccc23)c1. The quantitative estimate of drug-likeness (QED) is 0.778. The summed E-state index contributed by atoms with van der Waals surface area (Å²) in [6.45, 7) is 0.422. The number of aromatic nitrogens is 2. The van der Waals surface area contributed by atoms with E-state index in [1.165, 1.54) is 0 Å². The van der Waals surface area contributed by atoms with Gasteiger partial charge in [-0.2, -0.15) is 0 Å². The number of rotatable bonds is 4. The Hall–Kier alpha value is -2.34. The number of pyridine rings is 1. The van der Waals surface area contributed by atoms with Crippen molar-refractivity contribution < 1.29 is 9.53 Å². The molecule has 0 radical (unpaired) electrons. The molecule has 0 fully saturated rings. The predicted molar refractivity (Wildman–Crippen MR) is 87.1 cm³/mol. The molecular formula is C16H14BrN3O2. The largest absolute Gasteiger partial charge is 0.497 e. The summed E-state index contributed by atoms with van der Waals surface area (Å²) in [4.78, 5) is 16.5. The molecule has 3 rings (SSSR count). The number of hydrogen-bond donors (Lipinski definition) is 1. The monoisotopic (exact) mass is 359 g/mol. The van der Waals surface area contributed by atoms with Crippen LogP contribution in [0.3, 0.4) is 0 Å². The highest BCUT2D eigenvalue weighted by Gasteiger charge is 2.13. The summed E-state index contributed by atoms with van der Waals surface area (Å²) in [5.41, 5.74) is 2.15. The van der Waals surface area contributed by atoms with Crippen LogP contribution >= 0.6 is 15.9 Å². The maximum Gasteiger partial charge on any atom is 0.272 e. The van der Waals surface area contributed by atoms with Gasteiger partial charge in [0.1, 0.15) is 12.1 Å². The summed E-state index contributed by atoms with van der Waals surface area (Å²) in [5, 5.41) is 2.88. The molecule has 0 saturated carbocycles. The molecule has 0 saturated heterocycles. The first-order chi connectivity index (χ1) is 10.7. The summed E-state index contributed by atoms with van der Waals surface area (Å²) in [7, 11) is 1.62. The van der Waals surface area contributed by atoms with E-state index in [1.807, 2.05) is 47.0 Å². The van der Waals surface area contributed by atoms with Crippen LogP contribution < -0.4 is 10.1 Å². The van der Waals surface area contributed by atoms with Crippen LogP contribution in [0.1, 0.15) is 16.1 Å². The second kappa shape index (κ2) is 6.19. The van der Waals surface area contributed by atoms with Gasteiger partial charge in [0.15, 0.2) is 5.69 Å². The minimum absolute atomic E-state index is 0.201. The smallest absolute Gasteiger partial charge is 0.272 e. The van der Waals surface area contributed by atoms with Crippen molar-refractivity contribution in [2.75, 3.05) is 7.11 Å². The van der Waals surface area contributed by atoms with Crippen LogP contribution in [0.15, 0.2) is 53.4 Å². The minimum atomic E-state index is -0.201. The lowest BCUT2D eigenvalue weighted by atomic mass is 10.2. The summed E-state index contributed by atoms with van der Waals surface area (Å²) < 4.78 is 7.91. The van der Waals surface area contributed by atoms with Gasteiger partial charge >= 0.3 is 0 Å². The highest BCUT2D eigenvalue weighted by atomic mass is 79.9. The van der Waals surface area contributed by atoms with Gasteiger partial charge in [0.05, 0.1) is 12.6 Å². The molecule has 22 heavy (non-hydrogen) atoms. The van der Waals surface area contributed by atoms with Gasteiger partial charge in [-0.25, -0.2) is 4.98 Å². The second-order valence-corrected chi connectivity index (χ2v) is 5.68. The lowest BCUT2D eigenvalue weighted by Crippen LogP contribution is -2.23. The molecule has 3 aromatic rings. The Labute approximate surface area is 136 Å². The number of carbonyl (C=O) groups is 1. The molecule has 0 bridgehead atoms. The topological polar surface area (TPSA) is 55.6 Å². The first-order valence-corrected chi connectivity index (χ1v) is 7.50. The average Bonchev–Trinajstić information content (AvgIpc) is 2.95. The van der Waals surface area contributed by atoms with Gasteiger partial charge in [0.25, 0.3) is 5.91 Å². The van der Waals surface area contributed by atoms with Gasteiger partial charge in [-0.15, -0.1) is 0 Å². The summed E-state index contributed by atoms with van der Waals surface area (Å²) in [5.74, 6) is 0.566. The van der Waals surface area contributed by atoms with E-state index in [0.717, 1.165) is 21.3 Å². The third-order valence-corrected chi connectivity index (χ3v) is 3.77. The third kappa shape index (κ3) is 2.96. The molecule has 0 aliphatic rings. The predicted octanol–water partition coefficient (Wildman–Crippen LogP) is 3.04. The van der Waals surface area contributed by atoms with Gasteiger partial charge < -0.3 is 14.5 Å². The van der Waals surface area contributed by atoms with E-state index < -0.39 is 0 Å². The Kier molecular flexibility index (Phi) is 4.11. The fourth-order valence-electron chi connectivity index (χ4n) is 2.20. The van der Waals surface area contributed by atoms with Crippen molar-refractivity contribution in [3.63, 3.8) is 0 Å². The summed E-state index contributed by atoms with van der Waals surface area (Å²) >= 11 is 3.39. The molecule has 0 aliphatic heterocycles. The molecule has 1 N–H and O–H groups in total. The Balaban J connectivity index is 1.76. The fraction of sp³-hybridized carbons (Fsp3) is 0.125. The maximum absolute atomic E-state index is 12.3. The van der Waals surface area contributed by atoms with Crippen molar-refractivity contribution in [2.24, 2.45) is 0 Å². The van der Waals surface area contributed by atoms with E-state index in [4.69, 9.17) is 4.74 Å². The molecule has 0 aliphatic carbocycles. The molecule has 2 heterocycles. The van der Waals surface area contributed by atoms with Crippen LogP contribution in [0.5, 0.6) is 5.75 Å². The molecule has 0 spiro atoms. The maximum atomic E-state index is 12.3. The molecule has 1 aromatic carbocycles. The van der Waals surface area contributed by atoms with Crippen LogP contribution in [-0.4, -0.2) is 22.4 Å². The van der Waals surface area contributed by atoms with E-state index in [1.54, 1.807) is 13.4 Å². The lowest BCUT2D eigenvalue weighted by molar-refractivity contribution is 0.0948. The Morgan fingerprint density at radius 1 is 1.36 bits per heavy atom. The van der Waals surface area contributed by atoms with Gasteiger partial charge in [-0.3, -0.25) is 4.79 Å². The standard InChI is InChI=1S/C16H14BrN3O2/c1-22-13-4-2-3-11(7-13)8-18-16(21)15-14-6-5-12(17)9-20(14)10-19-15/h2-7,9-10H,8H2,1H3,(H,18,21). The van der Waals surface area contributed by atoms with E-state index in [-0.39, 0.29) is 5.91 Å². The molecule has 1 amide bonds. The number of imidazole rings is 1. The van der Waals surface area contributed by atoms with Crippen LogP contribution in [0, 0.1) is 0 Å². The van der Waals surface area contributed by atoms with Crippen molar-refractivity contribution in [1.29, 1.82) is 0 Å². The molecule has 0 unspecified atom stereocenters. The number of halogens is 1. The number of benzene rings is 1. The van der Waals surface area contributed by atoms with Gasteiger partial charge in [-0.05, 0) is 45.8 Å². The van der Waals surface area contributed by atoms with Crippen LogP contribution in [0.25, 0.3) is 5.52 Å². The Morgan fingerprint density at radius 3 is 3.05 bits per heavy atom. The first-order valence-electron chi connectivity index (χ1n) is 6.71. The number of nitrogens with zero attached hydrogens (tertiary/aromatic N) is 2. The highest BCUT2D eigenvalue weighted by Crippen LogP contribution is 2.16. The van der Waals surface area contributed by atoms with Crippen molar-refractivity contribution >= 4 is 27.4 Å². The normalized spacial score (nSPS) is 10.6. The zero-order chi connectivity index (χ0) is 15.5. The summed E-state index contributed by atoms with van der Waals surface area (Å²) in [6, 6.07) is 11.3. The molecule has 2 aromatic heterocycles. The highest BCUT2D eigenvalue weighted by molar-refractivity contribution is 9.10. The zero-order valence-corrected chi connectivity index (χ0v) is 13.5. The average molecular weight is 360 g/mol. The molecular weight excluding hydrogens is 346 g/mol. The summed E-state index contributed by atoms with van der Waals surface area (Å²) in [6.07, 6.45) is 3.49. The van der Waals surface area contributed by atoms with Crippen molar-refractivity contribution in [3.05, 3.63) is 64.7 Å². The molecule has 0 atom stereocenters. The van der Waals surface area contributed by atoms with Gasteiger partial charge in [-0.1, -0.05) is 12.1 Å². The minimum Gasteiger partial charge on any atom is -0.497 e. The van der Waals surface area contributed by atoms with Gasteiger partial charge in [0.2, 0.25) is 0 Å². The van der Waals surface area contributed by atoms with E-state index in [9.17, 15) is 4.79 Å². The molecule has 6 heteroatoms. The number of fused-ring (bicyclic) bond motifs is 1. The van der Waals surface area contributed by atoms with Crippen LogP contribution in [0.2, 0.25) is 0 Å². The fourth-order valence-corrected chi connectivity index (χ4v) is 2.55. The second-order valence-electron chi connectivity index (χ2n) is 4.77. The van der Waals surface area contributed by atoms with Crippen LogP contribution in [-0.2, 0) is 6.54 Å². The van der Waals surface area contributed by atoms with Crippen molar-refractivity contribution in [3.8, 4) is 5.75 Å². The van der Waals surface area contributed by atoms with E-state index >= 15 is 0 Å².